The monoisotopic (exact) mass is 325 g/mol. The number of nitrogens with one attached hydrogen (secondary N) is 1. The first-order chi connectivity index (χ1) is 11.5. The van der Waals surface area contributed by atoms with Gasteiger partial charge < -0.3 is 15.1 Å². The van der Waals surface area contributed by atoms with Gasteiger partial charge in [0, 0.05) is 43.6 Å². The van der Waals surface area contributed by atoms with E-state index in [4.69, 9.17) is 4.98 Å². The summed E-state index contributed by atoms with van der Waals surface area (Å²) in [7, 11) is 0. The van der Waals surface area contributed by atoms with Gasteiger partial charge in [-0.05, 0) is 50.6 Å². The van der Waals surface area contributed by atoms with Crippen LogP contribution in [0.4, 0.5) is 17.5 Å². The number of anilines is 3. The molecule has 0 saturated carbocycles. The van der Waals surface area contributed by atoms with Crippen molar-refractivity contribution in [1.82, 2.24) is 14.9 Å². The van der Waals surface area contributed by atoms with Gasteiger partial charge in [0.1, 0.15) is 5.82 Å². The highest BCUT2D eigenvalue weighted by Gasteiger charge is 2.18. The number of rotatable bonds is 4. The summed E-state index contributed by atoms with van der Waals surface area (Å²) in [6, 6.07) is 8.47. The van der Waals surface area contributed by atoms with Crippen LogP contribution in [-0.2, 0) is 0 Å². The molecule has 2 heterocycles. The lowest BCUT2D eigenvalue weighted by molar-refractivity contribution is 0.270. The summed E-state index contributed by atoms with van der Waals surface area (Å²) in [6.07, 6.45) is 0. The van der Waals surface area contributed by atoms with E-state index < -0.39 is 0 Å². The summed E-state index contributed by atoms with van der Waals surface area (Å²) in [4.78, 5) is 14.1. The van der Waals surface area contributed by atoms with Crippen molar-refractivity contribution >= 4 is 17.5 Å². The Balaban J connectivity index is 1.79. The molecule has 5 nitrogen and oxygen atoms in total. The standard InChI is InChI=1S/C19H27N5/c1-5-23-6-8-24(9-7-23)19-20-16(4)13-18(22-19)21-17-11-14(2)10-15(3)12-17/h10-13H,5-9H2,1-4H3,(H,20,21,22). The fourth-order valence-electron chi connectivity index (χ4n) is 3.22. The van der Waals surface area contributed by atoms with Crippen molar-refractivity contribution in [2.24, 2.45) is 0 Å². The molecule has 0 aliphatic carbocycles. The van der Waals surface area contributed by atoms with Gasteiger partial charge in [-0.25, -0.2) is 4.98 Å². The largest absolute Gasteiger partial charge is 0.340 e. The van der Waals surface area contributed by atoms with E-state index in [9.17, 15) is 0 Å². The van der Waals surface area contributed by atoms with E-state index in [1.54, 1.807) is 0 Å². The molecule has 1 aliphatic rings. The lowest BCUT2D eigenvalue weighted by atomic mass is 10.1. The normalized spacial score (nSPS) is 15.6. The molecule has 0 radical (unpaired) electrons. The zero-order chi connectivity index (χ0) is 17.1. The molecule has 1 fully saturated rings. The first kappa shape index (κ1) is 16.7. The van der Waals surface area contributed by atoms with Crippen LogP contribution in [0.5, 0.6) is 0 Å². The van der Waals surface area contributed by atoms with Gasteiger partial charge in [-0.3, -0.25) is 0 Å². The summed E-state index contributed by atoms with van der Waals surface area (Å²) >= 11 is 0. The summed E-state index contributed by atoms with van der Waals surface area (Å²) < 4.78 is 0. The number of aromatic nitrogens is 2. The molecule has 0 atom stereocenters. The van der Waals surface area contributed by atoms with E-state index in [1.165, 1.54) is 11.1 Å². The summed E-state index contributed by atoms with van der Waals surface area (Å²) in [5.74, 6) is 1.69. The first-order valence-electron chi connectivity index (χ1n) is 8.72. The minimum absolute atomic E-state index is 0.831. The Bertz CT molecular complexity index is 685. The molecule has 1 aliphatic heterocycles. The Morgan fingerprint density at radius 2 is 1.58 bits per heavy atom. The van der Waals surface area contributed by atoms with Crippen LogP contribution in [0.25, 0.3) is 0 Å². The molecule has 1 aromatic carbocycles. The quantitative estimate of drug-likeness (QED) is 0.934. The Morgan fingerprint density at radius 1 is 0.917 bits per heavy atom. The van der Waals surface area contributed by atoms with Gasteiger partial charge in [0.05, 0.1) is 0 Å². The number of hydrogen-bond donors (Lipinski definition) is 1. The SMILES string of the molecule is CCN1CCN(c2nc(C)cc(Nc3cc(C)cc(C)c3)n2)CC1. The Kier molecular flexibility index (Phi) is 5.00. The van der Waals surface area contributed by atoms with Gasteiger partial charge in [0.15, 0.2) is 0 Å². The second-order valence-electron chi connectivity index (χ2n) is 6.62. The van der Waals surface area contributed by atoms with Gasteiger partial charge in [0.25, 0.3) is 0 Å². The third kappa shape index (κ3) is 4.03. The number of likely N-dealkylation sites (N-methyl/N-ethyl adjacent to an activating group) is 1. The molecule has 1 N–H and O–H groups in total. The summed E-state index contributed by atoms with van der Waals surface area (Å²) in [6.45, 7) is 13.7. The predicted molar refractivity (Wildman–Crippen MR) is 100 cm³/mol. The maximum absolute atomic E-state index is 4.75. The molecule has 5 heteroatoms. The Morgan fingerprint density at radius 3 is 2.21 bits per heavy atom. The van der Waals surface area contributed by atoms with Crippen molar-refractivity contribution < 1.29 is 0 Å². The minimum atomic E-state index is 0.831. The fraction of sp³-hybridized carbons (Fsp3) is 0.474. The molecule has 24 heavy (non-hydrogen) atoms. The topological polar surface area (TPSA) is 44.3 Å². The van der Waals surface area contributed by atoms with Crippen LogP contribution in [0.3, 0.4) is 0 Å². The second kappa shape index (κ2) is 7.18. The Labute approximate surface area is 144 Å². The number of aryl methyl sites for hydroxylation is 3. The third-order valence-corrected chi connectivity index (χ3v) is 4.44. The average molecular weight is 325 g/mol. The lowest BCUT2D eigenvalue weighted by Crippen LogP contribution is -2.46. The molecule has 0 amide bonds. The van der Waals surface area contributed by atoms with Gasteiger partial charge in [0.2, 0.25) is 5.95 Å². The van der Waals surface area contributed by atoms with E-state index >= 15 is 0 Å². The highest BCUT2D eigenvalue weighted by atomic mass is 15.3. The molecule has 3 rings (SSSR count). The van der Waals surface area contributed by atoms with Crippen molar-refractivity contribution in [2.45, 2.75) is 27.7 Å². The zero-order valence-corrected chi connectivity index (χ0v) is 15.1. The number of nitrogens with zero attached hydrogens (tertiary/aromatic N) is 4. The summed E-state index contributed by atoms with van der Waals surface area (Å²) in [5.41, 5.74) is 4.57. The van der Waals surface area contributed by atoms with E-state index in [2.05, 4.69) is 59.1 Å². The van der Waals surface area contributed by atoms with Gasteiger partial charge in [-0.1, -0.05) is 13.0 Å². The molecule has 1 saturated heterocycles. The van der Waals surface area contributed by atoms with Crippen LogP contribution >= 0.6 is 0 Å². The predicted octanol–water partition coefficient (Wildman–Crippen LogP) is 3.29. The van der Waals surface area contributed by atoms with Crippen LogP contribution in [0.1, 0.15) is 23.7 Å². The van der Waals surface area contributed by atoms with E-state index in [-0.39, 0.29) is 0 Å². The van der Waals surface area contributed by atoms with Gasteiger partial charge in [-0.2, -0.15) is 4.98 Å². The fourth-order valence-corrected chi connectivity index (χ4v) is 3.22. The van der Waals surface area contributed by atoms with Crippen LogP contribution in [0, 0.1) is 20.8 Å². The van der Waals surface area contributed by atoms with Crippen molar-refractivity contribution in [3.8, 4) is 0 Å². The van der Waals surface area contributed by atoms with Crippen molar-refractivity contribution in [1.29, 1.82) is 0 Å². The number of benzene rings is 1. The molecule has 0 bridgehead atoms. The highest BCUT2D eigenvalue weighted by molar-refractivity contribution is 5.59. The highest BCUT2D eigenvalue weighted by Crippen LogP contribution is 2.21. The molecular weight excluding hydrogens is 298 g/mol. The average Bonchev–Trinajstić information content (AvgIpc) is 2.53. The molecule has 0 unspecified atom stereocenters. The van der Waals surface area contributed by atoms with Crippen LogP contribution < -0.4 is 10.2 Å². The van der Waals surface area contributed by atoms with Gasteiger partial charge in [-0.15, -0.1) is 0 Å². The second-order valence-corrected chi connectivity index (χ2v) is 6.62. The summed E-state index contributed by atoms with van der Waals surface area (Å²) in [5, 5.41) is 3.44. The number of piperazine rings is 1. The van der Waals surface area contributed by atoms with Crippen LogP contribution in [0.2, 0.25) is 0 Å². The van der Waals surface area contributed by atoms with Crippen molar-refractivity contribution in [3.05, 3.63) is 41.1 Å². The maximum atomic E-state index is 4.75. The van der Waals surface area contributed by atoms with Crippen LogP contribution in [0.15, 0.2) is 24.3 Å². The van der Waals surface area contributed by atoms with E-state index in [0.29, 0.717) is 0 Å². The lowest BCUT2D eigenvalue weighted by Gasteiger charge is -2.34. The molecule has 0 spiro atoms. The number of hydrogen-bond acceptors (Lipinski definition) is 5. The third-order valence-electron chi connectivity index (χ3n) is 4.44. The zero-order valence-electron chi connectivity index (χ0n) is 15.1. The minimum Gasteiger partial charge on any atom is -0.340 e. The van der Waals surface area contributed by atoms with Crippen molar-refractivity contribution in [2.75, 3.05) is 42.9 Å². The van der Waals surface area contributed by atoms with E-state index in [0.717, 1.165) is 55.9 Å². The maximum Gasteiger partial charge on any atom is 0.227 e. The van der Waals surface area contributed by atoms with Crippen LogP contribution in [-0.4, -0.2) is 47.6 Å². The van der Waals surface area contributed by atoms with Crippen molar-refractivity contribution in [3.63, 3.8) is 0 Å². The Hall–Kier alpha value is -2.14. The molecule has 2 aromatic rings. The molecule has 1 aromatic heterocycles. The smallest absolute Gasteiger partial charge is 0.227 e. The molecular formula is C19H27N5. The molecule has 128 valence electrons. The van der Waals surface area contributed by atoms with E-state index in [1.807, 2.05) is 13.0 Å². The first-order valence-corrected chi connectivity index (χ1v) is 8.72. The van der Waals surface area contributed by atoms with Gasteiger partial charge >= 0.3 is 0 Å².